The van der Waals surface area contributed by atoms with Gasteiger partial charge in [0.2, 0.25) is 10.0 Å². The van der Waals surface area contributed by atoms with Gasteiger partial charge in [0.25, 0.3) is 0 Å². The van der Waals surface area contributed by atoms with Crippen LogP contribution in [0.1, 0.15) is 36.2 Å². The predicted octanol–water partition coefficient (Wildman–Crippen LogP) is 5.99. The minimum absolute atomic E-state index is 0.0769. The lowest BCUT2D eigenvalue weighted by Crippen LogP contribution is -2.30. The maximum absolute atomic E-state index is 13.4. The van der Waals surface area contributed by atoms with E-state index in [1.807, 2.05) is 48.5 Å². The Morgan fingerprint density at radius 2 is 1.89 bits per heavy atom. The second-order valence-corrected chi connectivity index (χ2v) is 11.3. The van der Waals surface area contributed by atoms with Gasteiger partial charge < -0.3 is 0 Å². The van der Waals surface area contributed by atoms with Crippen LogP contribution in [-0.2, 0) is 16.4 Å². The fourth-order valence-electron chi connectivity index (χ4n) is 3.59. The first-order valence-electron chi connectivity index (χ1n) is 9.51. The van der Waals surface area contributed by atoms with E-state index in [9.17, 15) is 8.42 Å². The lowest BCUT2D eigenvalue weighted by molar-refractivity contribution is 0.396. The van der Waals surface area contributed by atoms with Gasteiger partial charge in [-0.15, -0.1) is 11.3 Å². The van der Waals surface area contributed by atoms with Crippen molar-refractivity contribution in [3.05, 3.63) is 77.2 Å². The second kappa shape index (κ2) is 8.41. The van der Waals surface area contributed by atoms with E-state index in [4.69, 9.17) is 0 Å². The summed E-state index contributed by atoms with van der Waals surface area (Å²) in [5, 5.41) is 0. The molecule has 1 aliphatic rings. The fraction of sp³-hybridized carbons (Fsp3) is 0.273. The monoisotopic (exact) mass is 429 g/mol. The first-order chi connectivity index (χ1) is 13.6. The van der Waals surface area contributed by atoms with Crippen LogP contribution in [0.4, 0.5) is 0 Å². The topological polar surface area (TPSA) is 37.4 Å². The number of thiophene rings is 1. The molecule has 1 fully saturated rings. The molecule has 2 heterocycles. The summed E-state index contributed by atoms with van der Waals surface area (Å²) in [5.74, 6) is 0. The molecule has 0 amide bonds. The summed E-state index contributed by atoms with van der Waals surface area (Å²) in [4.78, 5) is 2.68. The van der Waals surface area contributed by atoms with Crippen LogP contribution in [0.15, 0.2) is 80.7 Å². The van der Waals surface area contributed by atoms with Gasteiger partial charge in [0.1, 0.15) is 0 Å². The van der Waals surface area contributed by atoms with Crippen LogP contribution in [0.5, 0.6) is 0 Å². The van der Waals surface area contributed by atoms with Gasteiger partial charge in [-0.25, -0.2) is 8.42 Å². The van der Waals surface area contributed by atoms with E-state index in [-0.39, 0.29) is 6.04 Å². The minimum atomic E-state index is -3.53. The van der Waals surface area contributed by atoms with Crippen LogP contribution in [0, 0.1) is 0 Å². The molecule has 146 valence electrons. The van der Waals surface area contributed by atoms with Crippen molar-refractivity contribution in [1.82, 2.24) is 4.31 Å². The lowest BCUT2D eigenvalue weighted by atomic mass is 10.1. The third-order valence-corrected chi connectivity index (χ3v) is 9.26. The van der Waals surface area contributed by atoms with Gasteiger partial charge in [-0.3, -0.25) is 0 Å². The second-order valence-electron chi connectivity index (χ2n) is 6.84. The number of benzene rings is 2. The van der Waals surface area contributed by atoms with E-state index in [0.717, 1.165) is 29.7 Å². The summed E-state index contributed by atoms with van der Waals surface area (Å²) in [6.07, 6.45) is 2.78. The van der Waals surface area contributed by atoms with Crippen LogP contribution in [-0.4, -0.2) is 19.3 Å². The highest BCUT2D eigenvalue weighted by Crippen LogP contribution is 2.38. The molecule has 0 spiro atoms. The van der Waals surface area contributed by atoms with Gasteiger partial charge in [-0.2, -0.15) is 4.31 Å². The maximum Gasteiger partial charge on any atom is 0.243 e. The first-order valence-corrected chi connectivity index (χ1v) is 12.6. The SMILES string of the molecule is CCc1ccc(Sc2cccc(S(=O)(=O)N3CCCC3c3ccccc3)c2)s1. The third kappa shape index (κ3) is 4.06. The van der Waals surface area contributed by atoms with Gasteiger partial charge in [-0.1, -0.05) is 55.1 Å². The standard InChI is InChI=1S/C22H23NO2S3/c1-2-18-13-14-22(26-18)27-19-10-6-11-20(16-19)28(24,25)23-15-7-12-21(23)17-8-4-3-5-9-17/h3-6,8-11,13-14,16,21H,2,7,12,15H2,1H3. The highest BCUT2D eigenvalue weighted by Gasteiger charge is 2.36. The number of sulfonamides is 1. The van der Waals surface area contributed by atoms with Crippen molar-refractivity contribution in [2.75, 3.05) is 6.54 Å². The van der Waals surface area contributed by atoms with Gasteiger partial charge in [0.15, 0.2) is 0 Å². The Balaban J connectivity index is 1.60. The van der Waals surface area contributed by atoms with Crippen molar-refractivity contribution in [2.24, 2.45) is 0 Å². The molecule has 3 aromatic rings. The quantitative estimate of drug-likeness (QED) is 0.483. The average molecular weight is 430 g/mol. The van der Waals surface area contributed by atoms with Gasteiger partial charge in [-0.05, 0) is 55.2 Å². The molecule has 1 saturated heterocycles. The third-order valence-electron chi connectivity index (χ3n) is 5.00. The molecule has 0 saturated carbocycles. The Morgan fingerprint density at radius 1 is 1.07 bits per heavy atom. The van der Waals surface area contributed by atoms with E-state index >= 15 is 0 Å². The molecule has 1 unspecified atom stereocenters. The predicted molar refractivity (Wildman–Crippen MR) is 117 cm³/mol. The first kappa shape index (κ1) is 19.7. The Kier molecular flexibility index (Phi) is 5.92. The summed E-state index contributed by atoms with van der Waals surface area (Å²) >= 11 is 3.40. The van der Waals surface area contributed by atoms with Crippen molar-refractivity contribution < 1.29 is 8.42 Å². The van der Waals surface area contributed by atoms with Crippen molar-refractivity contribution in [1.29, 1.82) is 0 Å². The van der Waals surface area contributed by atoms with Gasteiger partial charge in [0, 0.05) is 16.3 Å². The Labute approximate surface area is 175 Å². The van der Waals surface area contributed by atoms with Gasteiger partial charge >= 0.3 is 0 Å². The molecule has 4 rings (SSSR count). The molecule has 0 bridgehead atoms. The maximum atomic E-state index is 13.4. The highest BCUT2D eigenvalue weighted by molar-refractivity contribution is 8.01. The van der Waals surface area contributed by atoms with Crippen molar-refractivity contribution in [2.45, 2.75) is 46.2 Å². The Hall–Kier alpha value is -1.60. The molecule has 6 heteroatoms. The number of hydrogen-bond acceptors (Lipinski definition) is 4. The zero-order chi connectivity index (χ0) is 19.6. The molecule has 1 atom stereocenters. The summed E-state index contributed by atoms with van der Waals surface area (Å²) in [6.45, 7) is 2.72. The van der Waals surface area contributed by atoms with Crippen LogP contribution in [0.2, 0.25) is 0 Å². The molecule has 1 aromatic heterocycles. The van der Waals surface area contributed by atoms with Crippen LogP contribution in [0.3, 0.4) is 0 Å². The van der Waals surface area contributed by atoms with Crippen LogP contribution >= 0.6 is 23.1 Å². The molecule has 0 aliphatic carbocycles. The Bertz CT molecular complexity index is 1040. The normalized spacial score (nSPS) is 17.8. The lowest BCUT2D eigenvalue weighted by Gasteiger charge is -2.24. The summed E-state index contributed by atoms with van der Waals surface area (Å²) in [6, 6.07) is 21.5. The number of rotatable bonds is 6. The molecular formula is C22H23NO2S3. The molecule has 3 nitrogen and oxygen atoms in total. The Morgan fingerprint density at radius 3 is 2.64 bits per heavy atom. The average Bonchev–Trinajstić information content (AvgIpc) is 3.39. The summed E-state index contributed by atoms with van der Waals surface area (Å²) < 4.78 is 29.6. The number of aryl methyl sites for hydroxylation is 1. The molecule has 2 aromatic carbocycles. The van der Waals surface area contributed by atoms with E-state index in [1.165, 1.54) is 9.09 Å². The number of hydrogen-bond donors (Lipinski definition) is 0. The van der Waals surface area contributed by atoms with Crippen molar-refractivity contribution in [3.8, 4) is 0 Å². The molecular weight excluding hydrogens is 406 g/mol. The molecule has 28 heavy (non-hydrogen) atoms. The van der Waals surface area contributed by atoms with E-state index < -0.39 is 10.0 Å². The van der Waals surface area contributed by atoms with Crippen LogP contribution in [0.25, 0.3) is 0 Å². The summed E-state index contributed by atoms with van der Waals surface area (Å²) in [7, 11) is -3.53. The highest BCUT2D eigenvalue weighted by atomic mass is 32.2. The van der Waals surface area contributed by atoms with Crippen LogP contribution < -0.4 is 0 Å². The molecule has 0 radical (unpaired) electrons. The molecule has 1 aliphatic heterocycles. The smallest absolute Gasteiger partial charge is 0.207 e. The fourth-order valence-corrected chi connectivity index (χ4v) is 7.54. The van der Waals surface area contributed by atoms with Crippen molar-refractivity contribution in [3.63, 3.8) is 0 Å². The number of nitrogens with zero attached hydrogens (tertiary/aromatic N) is 1. The van der Waals surface area contributed by atoms with E-state index in [1.54, 1.807) is 33.5 Å². The minimum Gasteiger partial charge on any atom is -0.207 e. The summed E-state index contributed by atoms with van der Waals surface area (Å²) in [5.41, 5.74) is 1.07. The largest absolute Gasteiger partial charge is 0.243 e. The van der Waals surface area contributed by atoms with E-state index in [2.05, 4.69) is 19.1 Å². The zero-order valence-electron chi connectivity index (χ0n) is 15.7. The zero-order valence-corrected chi connectivity index (χ0v) is 18.2. The molecule has 0 N–H and O–H groups in total. The van der Waals surface area contributed by atoms with E-state index in [0.29, 0.717) is 11.4 Å². The van der Waals surface area contributed by atoms with Crippen molar-refractivity contribution >= 4 is 33.1 Å². The van der Waals surface area contributed by atoms with Gasteiger partial charge in [0.05, 0.1) is 15.1 Å².